The van der Waals surface area contributed by atoms with Gasteiger partial charge >= 0.3 is 0 Å². The van der Waals surface area contributed by atoms with Crippen molar-refractivity contribution in [3.63, 3.8) is 0 Å². The van der Waals surface area contributed by atoms with Crippen LogP contribution in [0.2, 0.25) is 5.02 Å². The summed E-state index contributed by atoms with van der Waals surface area (Å²) in [5, 5.41) is 10.2. The number of thiazole rings is 1. The first kappa shape index (κ1) is 16.1. The second-order valence-electron chi connectivity index (χ2n) is 4.73. The van der Waals surface area contributed by atoms with E-state index in [9.17, 15) is 0 Å². The quantitative estimate of drug-likeness (QED) is 0.780. The number of nitrogens with one attached hydrogen (secondary N) is 2. The topological polar surface area (TPSA) is 46.2 Å². The molecule has 4 nitrogen and oxygen atoms in total. The Morgan fingerprint density at radius 3 is 2.90 bits per heavy atom. The van der Waals surface area contributed by atoms with Gasteiger partial charge in [-0.15, -0.1) is 11.3 Å². The van der Waals surface area contributed by atoms with Crippen molar-refractivity contribution in [3.05, 3.63) is 34.3 Å². The predicted molar refractivity (Wildman–Crippen MR) is 90.1 cm³/mol. The van der Waals surface area contributed by atoms with E-state index >= 15 is 0 Å². The van der Waals surface area contributed by atoms with Crippen molar-refractivity contribution in [3.8, 4) is 5.75 Å². The zero-order valence-corrected chi connectivity index (χ0v) is 14.0. The molecule has 2 rings (SSSR count). The molecule has 0 aliphatic carbocycles. The molecule has 1 atom stereocenters. The van der Waals surface area contributed by atoms with E-state index in [1.807, 2.05) is 18.2 Å². The van der Waals surface area contributed by atoms with Crippen molar-refractivity contribution < 1.29 is 4.74 Å². The van der Waals surface area contributed by atoms with E-state index in [1.165, 1.54) is 0 Å². The molecule has 1 aromatic heterocycles. The molecule has 0 amide bonds. The second kappa shape index (κ2) is 7.64. The van der Waals surface area contributed by atoms with Gasteiger partial charge < -0.3 is 15.4 Å². The molecule has 0 saturated carbocycles. The Morgan fingerprint density at radius 2 is 2.24 bits per heavy atom. The lowest BCUT2D eigenvalue weighted by molar-refractivity contribution is 0.415. The van der Waals surface area contributed by atoms with Crippen LogP contribution < -0.4 is 15.4 Å². The Kier molecular flexibility index (Phi) is 5.85. The van der Waals surface area contributed by atoms with Gasteiger partial charge in [0.15, 0.2) is 5.13 Å². The molecule has 0 radical (unpaired) electrons. The van der Waals surface area contributed by atoms with Gasteiger partial charge in [0, 0.05) is 17.1 Å². The number of rotatable bonds is 7. The monoisotopic (exact) mass is 325 g/mol. The molecule has 21 heavy (non-hydrogen) atoms. The van der Waals surface area contributed by atoms with Crippen molar-refractivity contribution in [2.45, 2.75) is 26.3 Å². The van der Waals surface area contributed by atoms with Crippen molar-refractivity contribution >= 4 is 33.8 Å². The molecule has 1 heterocycles. The zero-order chi connectivity index (χ0) is 15.2. The Morgan fingerprint density at radius 1 is 1.43 bits per heavy atom. The Bertz CT molecular complexity index is 588. The average molecular weight is 326 g/mol. The van der Waals surface area contributed by atoms with Crippen molar-refractivity contribution in [1.29, 1.82) is 0 Å². The summed E-state index contributed by atoms with van der Waals surface area (Å²) in [6.07, 6.45) is 1.12. The number of anilines is 2. The minimum Gasteiger partial charge on any atom is -0.495 e. The summed E-state index contributed by atoms with van der Waals surface area (Å²) < 4.78 is 5.14. The van der Waals surface area contributed by atoms with E-state index in [0.717, 1.165) is 29.5 Å². The first-order valence-electron chi connectivity index (χ1n) is 6.93. The smallest absolute Gasteiger partial charge is 0.187 e. The third-order valence-electron chi connectivity index (χ3n) is 3.07. The molecule has 0 fully saturated rings. The van der Waals surface area contributed by atoms with Crippen LogP contribution in [0.1, 0.15) is 32.0 Å². The van der Waals surface area contributed by atoms with Gasteiger partial charge in [-0.3, -0.25) is 0 Å². The fourth-order valence-corrected chi connectivity index (χ4v) is 2.96. The number of hydrogen-bond acceptors (Lipinski definition) is 5. The normalized spacial score (nSPS) is 12.2. The number of hydrogen-bond donors (Lipinski definition) is 2. The summed E-state index contributed by atoms with van der Waals surface area (Å²) in [6, 6.07) is 5.85. The van der Waals surface area contributed by atoms with Gasteiger partial charge in [-0.25, -0.2) is 4.98 Å². The van der Waals surface area contributed by atoms with E-state index in [2.05, 4.69) is 34.8 Å². The maximum absolute atomic E-state index is 6.12. The van der Waals surface area contributed by atoms with Gasteiger partial charge in [-0.1, -0.05) is 18.5 Å². The zero-order valence-electron chi connectivity index (χ0n) is 12.4. The summed E-state index contributed by atoms with van der Waals surface area (Å²) >= 11 is 7.70. The van der Waals surface area contributed by atoms with Crippen LogP contribution >= 0.6 is 22.9 Å². The van der Waals surface area contributed by atoms with Gasteiger partial charge in [0.1, 0.15) is 5.75 Å². The standard InChI is InChI=1S/C15H20ClN3OS/c1-4-7-17-10(2)13-9-21-15(19-13)18-11-5-6-14(20-3)12(16)8-11/h5-6,8-10,17H,4,7H2,1-3H3,(H,18,19). The van der Waals surface area contributed by atoms with Gasteiger partial charge in [0.05, 0.1) is 17.8 Å². The fourth-order valence-electron chi connectivity index (χ4n) is 1.88. The third kappa shape index (κ3) is 4.33. The fraction of sp³-hybridized carbons (Fsp3) is 0.400. The van der Waals surface area contributed by atoms with Crippen LogP contribution in [0.15, 0.2) is 23.6 Å². The van der Waals surface area contributed by atoms with Gasteiger partial charge in [0.2, 0.25) is 0 Å². The van der Waals surface area contributed by atoms with E-state index in [1.54, 1.807) is 18.4 Å². The molecular formula is C15H20ClN3OS. The number of aromatic nitrogens is 1. The summed E-state index contributed by atoms with van der Waals surface area (Å²) in [7, 11) is 1.60. The van der Waals surface area contributed by atoms with Crippen LogP contribution in [-0.4, -0.2) is 18.6 Å². The molecule has 0 saturated heterocycles. The van der Waals surface area contributed by atoms with Crippen LogP contribution in [0, 0.1) is 0 Å². The highest BCUT2D eigenvalue weighted by Crippen LogP contribution is 2.30. The van der Waals surface area contributed by atoms with Crippen LogP contribution in [0.5, 0.6) is 5.75 Å². The summed E-state index contributed by atoms with van der Waals surface area (Å²) in [5.41, 5.74) is 1.95. The minimum atomic E-state index is 0.260. The molecular weight excluding hydrogens is 306 g/mol. The molecule has 0 bridgehead atoms. The van der Waals surface area contributed by atoms with E-state index in [-0.39, 0.29) is 6.04 Å². The van der Waals surface area contributed by atoms with Gasteiger partial charge in [-0.05, 0) is 38.1 Å². The van der Waals surface area contributed by atoms with E-state index in [0.29, 0.717) is 10.8 Å². The maximum atomic E-state index is 6.12. The first-order valence-corrected chi connectivity index (χ1v) is 8.19. The molecule has 114 valence electrons. The summed E-state index contributed by atoms with van der Waals surface area (Å²) in [4.78, 5) is 4.60. The number of nitrogens with zero attached hydrogens (tertiary/aromatic N) is 1. The van der Waals surface area contributed by atoms with Crippen LogP contribution in [0.25, 0.3) is 0 Å². The molecule has 0 spiro atoms. The van der Waals surface area contributed by atoms with E-state index < -0.39 is 0 Å². The Balaban J connectivity index is 2.03. The predicted octanol–water partition coefficient (Wildman–Crippen LogP) is 4.61. The molecule has 1 unspecified atom stereocenters. The molecule has 0 aliphatic heterocycles. The highest BCUT2D eigenvalue weighted by molar-refractivity contribution is 7.13. The highest BCUT2D eigenvalue weighted by Gasteiger charge is 2.10. The van der Waals surface area contributed by atoms with Crippen molar-refractivity contribution in [2.75, 3.05) is 19.0 Å². The summed E-state index contributed by atoms with van der Waals surface area (Å²) in [6.45, 7) is 5.27. The highest BCUT2D eigenvalue weighted by atomic mass is 35.5. The lowest BCUT2D eigenvalue weighted by Crippen LogP contribution is -2.19. The average Bonchev–Trinajstić information content (AvgIpc) is 2.93. The van der Waals surface area contributed by atoms with Gasteiger partial charge in [-0.2, -0.15) is 0 Å². The number of methoxy groups -OCH3 is 1. The second-order valence-corrected chi connectivity index (χ2v) is 5.99. The third-order valence-corrected chi connectivity index (χ3v) is 4.14. The van der Waals surface area contributed by atoms with Crippen LogP contribution in [0.4, 0.5) is 10.8 Å². The molecule has 6 heteroatoms. The van der Waals surface area contributed by atoms with E-state index in [4.69, 9.17) is 16.3 Å². The van der Waals surface area contributed by atoms with Gasteiger partial charge in [0.25, 0.3) is 0 Å². The molecule has 0 aliphatic rings. The largest absolute Gasteiger partial charge is 0.495 e. The number of benzene rings is 1. The number of ether oxygens (including phenoxy) is 1. The Labute approximate surface area is 134 Å². The lowest BCUT2D eigenvalue weighted by Gasteiger charge is -2.10. The molecule has 1 aromatic carbocycles. The summed E-state index contributed by atoms with van der Waals surface area (Å²) in [5.74, 6) is 0.666. The van der Waals surface area contributed by atoms with Crippen molar-refractivity contribution in [1.82, 2.24) is 10.3 Å². The SMILES string of the molecule is CCCNC(C)c1csc(Nc2ccc(OC)c(Cl)c2)n1. The minimum absolute atomic E-state index is 0.260. The van der Waals surface area contributed by atoms with Crippen molar-refractivity contribution in [2.24, 2.45) is 0 Å². The maximum Gasteiger partial charge on any atom is 0.187 e. The number of halogens is 1. The first-order chi connectivity index (χ1) is 10.1. The Hall–Kier alpha value is -1.30. The van der Waals surface area contributed by atoms with Crippen LogP contribution in [0.3, 0.4) is 0 Å². The van der Waals surface area contributed by atoms with Crippen LogP contribution in [-0.2, 0) is 0 Å². The lowest BCUT2D eigenvalue weighted by atomic mass is 10.2. The molecule has 2 aromatic rings. The molecule has 2 N–H and O–H groups in total.